The van der Waals surface area contributed by atoms with Crippen LogP contribution in [0.4, 0.5) is 4.79 Å². The molecule has 1 saturated carbocycles. The standard InChI is InChI=1S/C12H23N3O/c1-10-9-15(8-7-13-10)12(16)14-11-5-3-2-4-6-11/h10-11,13H,2-9H2,1H3,(H,14,16)/t10-/m1/s1. The fraction of sp³-hybridized carbons (Fsp3) is 0.917. The molecule has 2 fully saturated rings. The van der Waals surface area contributed by atoms with Gasteiger partial charge in [-0.05, 0) is 19.8 Å². The van der Waals surface area contributed by atoms with Gasteiger partial charge in [-0.2, -0.15) is 0 Å². The predicted octanol–water partition coefficient (Wildman–Crippen LogP) is 1.32. The van der Waals surface area contributed by atoms with Gasteiger partial charge >= 0.3 is 6.03 Å². The lowest BCUT2D eigenvalue weighted by atomic mass is 9.96. The summed E-state index contributed by atoms with van der Waals surface area (Å²) in [6, 6.07) is 0.984. The van der Waals surface area contributed by atoms with Gasteiger partial charge in [0.25, 0.3) is 0 Å². The van der Waals surface area contributed by atoms with Crippen LogP contribution in [-0.4, -0.2) is 42.6 Å². The minimum absolute atomic E-state index is 0.139. The Kier molecular flexibility index (Phi) is 4.04. The van der Waals surface area contributed by atoms with Gasteiger partial charge in [-0.1, -0.05) is 19.3 Å². The molecule has 1 heterocycles. The van der Waals surface area contributed by atoms with E-state index in [0.29, 0.717) is 12.1 Å². The lowest BCUT2D eigenvalue weighted by molar-refractivity contribution is 0.172. The van der Waals surface area contributed by atoms with Gasteiger partial charge in [0.2, 0.25) is 0 Å². The molecule has 2 N–H and O–H groups in total. The third-order valence-corrected chi connectivity index (χ3v) is 3.59. The van der Waals surface area contributed by atoms with E-state index in [-0.39, 0.29) is 6.03 Å². The zero-order valence-corrected chi connectivity index (χ0v) is 10.2. The lowest BCUT2D eigenvalue weighted by Gasteiger charge is -2.34. The van der Waals surface area contributed by atoms with Crippen molar-refractivity contribution >= 4 is 6.03 Å². The Morgan fingerprint density at radius 3 is 2.75 bits per heavy atom. The van der Waals surface area contributed by atoms with Gasteiger partial charge in [0.05, 0.1) is 0 Å². The van der Waals surface area contributed by atoms with Crippen LogP contribution in [0, 0.1) is 0 Å². The number of amides is 2. The molecule has 92 valence electrons. The second-order valence-corrected chi connectivity index (χ2v) is 5.09. The first-order valence-corrected chi connectivity index (χ1v) is 6.54. The van der Waals surface area contributed by atoms with Gasteiger partial charge < -0.3 is 15.5 Å². The van der Waals surface area contributed by atoms with E-state index in [1.165, 1.54) is 19.3 Å². The van der Waals surface area contributed by atoms with E-state index in [2.05, 4.69) is 17.6 Å². The third-order valence-electron chi connectivity index (χ3n) is 3.59. The Morgan fingerprint density at radius 2 is 2.06 bits per heavy atom. The zero-order chi connectivity index (χ0) is 11.4. The van der Waals surface area contributed by atoms with Crippen molar-refractivity contribution in [2.45, 2.75) is 51.1 Å². The van der Waals surface area contributed by atoms with Gasteiger partial charge in [0.15, 0.2) is 0 Å². The SMILES string of the molecule is C[C@@H]1CN(C(=O)NC2CCCCC2)CCN1. The molecule has 0 aromatic carbocycles. The maximum absolute atomic E-state index is 12.0. The van der Waals surface area contributed by atoms with Crippen LogP contribution in [-0.2, 0) is 0 Å². The van der Waals surface area contributed by atoms with Gasteiger partial charge in [-0.25, -0.2) is 4.79 Å². The molecule has 0 spiro atoms. The van der Waals surface area contributed by atoms with Gasteiger partial charge in [-0.3, -0.25) is 0 Å². The number of nitrogens with one attached hydrogen (secondary N) is 2. The Hall–Kier alpha value is -0.770. The summed E-state index contributed by atoms with van der Waals surface area (Å²) >= 11 is 0. The maximum Gasteiger partial charge on any atom is 0.317 e. The Balaban J connectivity index is 1.77. The summed E-state index contributed by atoms with van der Waals surface area (Å²) in [6.45, 7) is 4.71. The first kappa shape index (κ1) is 11.7. The molecule has 2 amide bonds. The molecule has 4 heteroatoms. The maximum atomic E-state index is 12.0. The number of hydrogen-bond donors (Lipinski definition) is 2. The first-order valence-electron chi connectivity index (χ1n) is 6.54. The Labute approximate surface area is 97.8 Å². The van der Waals surface area contributed by atoms with Crippen LogP contribution in [0.15, 0.2) is 0 Å². The summed E-state index contributed by atoms with van der Waals surface area (Å²) in [7, 11) is 0. The highest BCUT2D eigenvalue weighted by Crippen LogP contribution is 2.17. The predicted molar refractivity (Wildman–Crippen MR) is 64.4 cm³/mol. The third kappa shape index (κ3) is 3.11. The van der Waals surface area contributed by atoms with Crippen molar-refractivity contribution in [2.75, 3.05) is 19.6 Å². The fourth-order valence-electron chi connectivity index (χ4n) is 2.63. The second-order valence-electron chi connectivity index (χ2n) is 5.09. The fourth-order valence-corrected chi connectivity index (χ4v) is 2.63. The molecule has 2 rings (SSSR count). The molecule has 0 unspecified atom stereocenters. The van der Waals surface area contributed by atoms with E-state index >= 15 is 0 Å². The van der Waals surface area contributed by atoms with Crippen LogP contribution in [0.5, 0.6) is 0 Å². The highest BCUT2D eigenvalue weighted by atomic mass is 16.2. The summed E-state index contributed by atoms with van der Waals surface area (Å²) in [5.41, 5.74) is 0. The Bertz CT molecular complexity index is 238. The summed E-state index contributed by atoms with van der Waals surface area (Å²) in [5.74, 6) is 0. The average Bonchev–Trinajstić information content (AvgIpc) is 2.30. The van der Waals surface area contributed by atoms with Crippen LogP contribution in [0.2, 0.25) is 0 Å². The van der Waals surface area contributed by atoms with E-state index in [1.54, 1.807) is 0 Å². The highest BCUT2D eigenvalue weighted by molar-refractivity contribution is 5.74. The molecule has 0 aromatic heterocycles. The van der Waals surface area contributed by atoms with E-state index in [0.717, 1.165) is 32.5 Å². The van der Waals surface area contributed by atoms with Crippen molar-refractivity contribution in [1.29, 1.82) is 0 Å². The number of rotatable bonds is 1. The zero-order valence-electron chi connectivity index (χ0n) is 10.2. The minimum atomic E-state index is 0.139. The summed E-state index contributed by atoms with van der Waals surface area (Å²) in [4.78, 5) is 13.9. The van der Waals surface area contributed by atoms with Crippen molar-refractivity contribution in [3.05, 3.63) is 0 Å². The van der Waals surface area contributed by atoms with Crippen molar-refractivity contribution in [3.63, 3.8) is 0 Å². The smallest absolute Gasteiger partial charge is 0.317 e. The Morgan fingerprint density at radius 1 is 1.31 bits per heavy atom. The normalized spacial score (nSPS) is 27.8. The van der Waals surface area contributed by atoms with Crippen LogP contribution < -0.4 is 10.6 Å². The molecule has 4 nitrogen and oxygen atoms in total. The van der Waals surface area contributed by atoms with Crippen molar-refractivity contribution in [2.24, 2.45) is 0 Å². The van der Waals surface area contributed by atoms with E-state index in [4.69, 9.17) is 0 Å². The quantitative estimate of drug-likeness (QED) is 0.707. The van der Waals surface area contributed by atoms with Gasteiger partial charge in [-0.15, -0.1) is 0 Å². The molecule has 1 atom stereocenters. The summed E-state index contributed by atoms with van der Waals surface area (Å²) < 4.78 is 0. The second kappa shape index (κ2) is 5.53. The molecule has 0 aromatic rings. The topological polar surface area (TPSA) is 44.4 Å². The van der Waals surface area contributed by atoms with Crippen molar-refractivity contribution in [3.8, 4) is 0 Å². The minimum Gasteiger partial charge on any atom is -0.335 e. The van der Waals surface area contributed by atoms with E-state index < -0.39 is 0 Å². The van der Waals surface area contributed by atoms with Crippen LogP contribution in [0.1, 0.15) is 39.0 Å². The summed E-state index contributed by atoms with van der Waals surface area (Å²) in [5, 5.41) is 6.52. The average molecular weight is 225 g/mol. The van der Waals surface area contributed by atoms with Crippen LogP contribution in [0.3, 0.4) is 0 Å². The molecule has 16 heavy (non-hydrogen) atoms. The molecule has 1 aliphatic heterocycles. The molecule has 1 aliphatic carbocycles. The van der Waals surface area contributed by atoms with E-state index in [1.807, 2.05) is 4.90 Å². The largest absolute Gasteiger partial charge is 0.335 e. The lowest BCUT2D eigenvalue weighted by Crippen LogP contribution is -2.55. The van der Waals surface area contributed by atoms with E-state index in [9.17, 15) is 4.79 Å². The molecule has 0 bridgehead atoms. The van der Waals surface area contributed by atoms with Crippen LogP contribution >= 0.6 is 0 Å². The highest BCUT2D eigenvalue weighted by Gasteiger charge is 2.23. The number of carbonyl (C=O) groups is 1. The van der Waals surface area contributed by atoms with Crippen LogP contribution in [0.25, 0.3) is 0 Å². The summed E-state index contributed by atoms with van der Waals surface area (Å²) in [6.07, 6.45) is 6.18. The molecular weight excluding hydrogens is 202 g/mol. The van der Waals surface area contributed by atoms with Gasteiger partial charge in [0, 0.05) is 31.7 Å². The van der Waals surface area contributed by atoms with Gasteiger partial charge in [0.1, 0.15) is 0 Å². The van der Waals surface area contributed by atoms with Crippen molar-refractivity contribution < 1.29 is 4.79 Å². The van der Waals surface area contributed by atoms with Crippen molar-refractivity contribution in [1.82, 2.24) is 15.5 Å². The molecule has 0 radical (unpaired) electrons. The number of piperazine rings is 1. The molecule has 2 aliphatic rings. The monoisotopic (exact) mass is 225 g/mol. The molecular formula is C12H23N3O. The number of urea groups is 1. The first-order chi connectivity index (χ1) is 7.75. The number of hydrogen-bond acceptors (Lipinski definition) is 2. The number of nitrogens with zero attached hydrogens (tertiary/aromatic N) is 1. The number of carbonyl (C=O) groups excluding carboxylic acids is 1. The molecule has 1 saturated heterocycles.